The fourth-order valence-electron chi connectivity index (χ4n) is 4.19. The van der Waals surface area contributed by atoms with Crippen LogP contribution in [0.3, 0.4) is 0 Å². The quantitative estimate of drug-likeness (QED) is 0.611. The first-order chi connectivity index (χ1) is 14.4. The highest BCUT2D eigenvalue weighted by molar-refractivity contribution is 6.01. The number of fused-ring (bicyclic) bond motifs is 1. The Morgan fingerprint density at radius 3 is 2.70 bits per heavy atom. The van der Waals surface area contributed by atoms with Crippen LogP contribution in [-0.4, -0.2) is 16.7 Å². The van der Waals surface area contributed by atoms with Crippen LogP contribution in [0.25, 0.3) is 11.1 Å². The standard InChI is InChI=1S/C23H21FN4O2/c1-23(2)11-16-19(17(29)12-23)20(13-7-9-14(24)10-8-13)27-21(25-16)28-22-26-15-5-3-4-6-18(15)30-22/h3-10,20H,11-12H2,1-2H3,(H2,25,26,27,28)/p+1/t20-/m1/s1. The molecule has 3 aromatic rings. The zero-order chi connectivity index (χ0) is 20.9. The van der Waals surface area contributed by atoms with Crippen molar-refractivity contribution in [3.8, 4) is 0 Å². The molecule has 0 saturated carbocycles. The van der Waals surface area contributed by atoms with Crippen LogP contribution in [0, 0.1) is 11.2 Å². The zero-order valence-corrected chi connectivity index (χ0v) is 16.8. The molecule has 0 bridgehead atoms. The monoisotopic (exact) mass is 405 g/mol. The average Bonchev–Trinajstić information content (AvgIpc) is 3.09. The van der Waals surface area contributed by atoms with Crippen LogP contribution in [0.4, 0.5) is 10.4 Å². The van der Waals surface area contributed by atoms with Gasteiger partial charge in [-0.25, -0.2) is 9.71 Å². The minimum absolute atomic E-state index is 0.0940. The molecule has 0 spiro atoms. The maximum Gasteiger partial charge on any atom is 0.365 e. The number of hydrogen-bond donors (Lipinski definition) is 3. The molecule has 30 heavy (non-hydrogen) atoms. The number of nitrogens with one attached hydrogen (secondary N) is 3. The molecule has 7 heteroatoms. The number of Topliss-reactive ketones (excluding diaryl/α,β-unsaturated/α-hetero) is 1. The lowest BCUT2D eigenvalue weighted by molar-refractivity contribution is -0.502. The summed E-state index contributed by atoms with van der Waals surface area (Å²) in [6.45, 7) is 4.17. The number of allylic oxidation sites excluding steroid dienone is 1. The second-order valence-electron chi connectivity index (χ2n) is 8.57. The van der Waals surface area contributed by atoms with Crippen LogP contribution < -0.4 is 15.6 Å². The Kier molecular flexibility index (Phi) is 4.20. The molecule has 152 valence electrons. The lowest BCUT2D eigenvalue weighted by Gasteiger charge is -2.34. The summed E-state index contributed by atoms with van der Waals surface area (Å²) < 4.78 is 19.3. The normalized spacial score (nSPS) is 20.6. The Morgan fingerprint density at radius 2 is 1.93 bits per heavy atom. The van der Waals surface area contributed by atoms with Crippen molar-refractivity contribution < 1.29 is 18.6 Å². The van der Waals surface area contributed by atoms with Crippen LogP contribution in [0.2, 0.25) is 0 Å². The summed E-state index contributed by atoms with van der Waals surface area (Å²) in [5, 5.41) is 6.48. The van der Waals surface area contributed by atoms with Gasteiger partial charge in [0.15, 0.2) is 11.4 Å². The van der Waals surface area contributed by atoms with E-state index in [2.05, 4.69) is 34.5 Å². The summed E-state index contributed by atoms with van der Waals surface area (Å²) in [7, 11) is 0. The third-order valence-corrected chi connectivity index (χ3v) is 5.50. The van der Waals surface area contributed by atoms with E-state index in [1.54, 1.807) is 12.1 Å². The number of guanidine groups is 1. The topological polar surface area (TPSA) is 81.1 Å². The number of rotatable bonds is 2. The number of anilines is 1. The van der Waals surface area contributed by atoms with Crippen LogP contribution in [0.15, 0.2) is 64.2 Å². The molecule has 0 radical (unpaired) electrons. The van der Waals surface area contributed by atoms with Gasteiger partial charge in [-0.1, -0.05) is 38.1 Å². The predicted molar refractivity (Wildman–Crippen MR) is 111 cm³/mol. The molecule has 0 saturated heterocycles. The van der Waals surface area contributed by atoms with Crippen molar-refractivity contribution in [3.05, 3.63) is 71.2 Å². The molecule has 1 aliphatic heterocycles. The highest BCUT2D eigenvalue weighted by Gasteiger charge is 2.42. The Hall–Kier alpha value is -3.48. The molecule has 2 aliphatic rings. The van der Waals surface area contributed by atoms with Crippen molar-refractivity contribution in [3.63, 3.8) is 0 Å². The summed E-state index contributed by atoms with van der Waals surface area (Å²) in [6.07, 6.45) is 1.20. The van der Waals surface area contributed by atoms with Gasteiger partial charge in [-0.2, -0.15) is 10.3 Å². The van der Waals surface area contributed by atoms with Crippen LogP contribution in [0.5, 0.6) is 0 Å². The predicted octanol–water partition coefficient (Wildman–Crippen LogP) is 2.80. The molecule has 1 aliphatic carbocycles. The maximum atomic E-state index is 13.5. The second-order valence-corrected chi connectivity index (χ2v) is 8.57. The van der Waals surface area contributed by atoms with Crippen molar-refractivity contribution >= 4 is 28.9 Å². The minimum atomic E-state index is -0.391. The number of benzene rings is 2. The summed E-state index contributed by atoms with van der Waals surface area (Å²) in [5.41, 5.74) is 3.67. The van der Waals surface area contributed by atoms with Gasteiger partial charge in [0.1, 0.15) is 17.4 Å². The lowest BCUT2D eigenvalue weighted by Crippen LogP contribution is -2.82. The third kappa shape index (κ3) is 3.36. The van der Waals surface area contributed by atoms with Gasteiger partial charge in [0, 0.05) is 12.8 Å². The molecule has 2 heterocycles. The molecule has 2 aromatic carbocycles. The van der Waals surface area contributed by atoms with E-state index in [1.807, 2.05) is 24.3 Å². The molecule has 1 atom stereocenters. The minimum Gasteiger partial charge on any atom is -0.412 e. The maximum absolute atomic E-state index is 13.5. The Morgan fingerprint density at radius 1 is 1.17 bits per heavy atom. The van der Waals surface area contributed by atoms with Crippen LogP contribution in [-0.2, 0) is 4.79 Å². The van der Waals surface area contributed by atoms with Crippen molar-refractivity contribution in [2.24, 2.45) is 5.41 Å². The Bertz CT molecular complexity index is 1170. The van der Waals surface area contributed by atoms with E-state index in [9.17, 15) is 9.18 Å². The van der Waals surface area contributed by atoms with Crippen molar-refractivity contribution in [2.75, 3.05) is 5.32 Å². The molecule has 6 nitrogen and oxygen atoms in total. The number of oxazole rings is 1. The van der Waals surface area contributed by atoms with Gasteiger partial charge in [-0.05, 0) is 35.2 Å². The number of para-hydroxylation sites is 2. The number of hydrogen-bond acceptors (Lipinski definition) is 5. The average molecular weight is 405 g/mol. The number of carbonyl (C=O) groups is 1. The van der Waals surface area contributed by atoms with Gasteiger partial charge >= 0.3 is 12.0 Å². The highest BCUT2D eigenvalue weighted by Crippen LogP contribution is 2.39. The van der Waals surface area contributed by atoms with E-state index < -0.39 is 6.04 Å². The second kappa shape index (κ2) is 6.79. The fraction of sp³-hybridized carbons (Fsp3) is 0.261. The molecular weight excluding hydrogens is 383 g/mol. The molecular formula is C23H22FN4O2+. The molecule has 0 fully saturated rings. The van der Waals surface area contributed by atoms with Gasteiger partial charge in [0.25, 0.3) is 0 Å². The lowest BCUT2D eigenvalue weighted by atomic mass is 9.73. The number of aromatic nitrogens is 1. The fourth-order valence-corrected chi connectivity index (χ4v) is 4.19. The van der Waals surface area contributed by atoms with E-state index in [-0.39, 0.29) is 17.0 Å². The summed E-state index contributed by atoms with van der Waals surface area (Å²) in [4.78, 5) is 20.8. The van der Waals surface area contributed by atoms with Crippen LogP contribution >= 0.6 is 0 Å². The van der Waals surface area contributed by atoms with Crippen molar-refractivity contribution in [1.29, 1.82) is 0 Å². The first kappa shape index (κ1) is 18.5. The smallest absolute Gasteiger partial charge is 0.365 e. The molecule has 5 rings (SSSR count). The highest BCUT2D eigenvalue weighted by atomic mass is 19.1. The van der Waals surface area contributed by atoms with Gasteiger partial charge in [0.05, 0.1) is 11.3 Å². The van der Waals surface area contributed by atoms with E-state index in [1.165, 1.54) is 12.1 Å². The SMILES string of the molecule is CC1(C)CC(=O)C2=C(C1)NC(Nc1nc3ccccc3o1)=[NH+][C@@H]2c1ccc(F)cc1. The number of carbonyl (C=O) groups excluding carboxylic acids is 1. The Balaban J connectivity index is 1.54. The zero-order valence-electron chi connectivity index (χ0n) is 16.8. The summed E-state index contributed by atoms with van der Waals surface area (Å²) in [6, 6.07) is 13.7. The molecule has 1 aromatic heterocycles. The van der Waals surface area contributed by atoms with Crippen molar-refractivity contribution in [2.45, 2.75) is 32.7 Å². The number of halogens is 1. The van der Waals surface area contributed by atoms with Crippen LogP contribution in [0.1, 0.15) is 38.3 Å². The Labute approximate surface area is 172 Å². The first-order valence-corrected chi connectivity index (χ1v) is 9.93. The first-order valence-electron chi connectivity index (χ1n) is 9.93. The summed E-state index contributed by atoms with van der Waals surface area (Å²) >= 11 is 0. The van der Waals surface area contributed by atoms with Gasteiger partial charge in [-0.15, -0.1) is 0 Å². The molecule has 0 unspecified atom stereocenters. The van der Waals surface area contributed by atoms with Gasteiger partial charge in [0.2, 0.25) is 0 Å². The van der Waals surface area contributed by atoms with E-state index >= 15 is 0 Å². The number of ketones is 1. The van der Waals surface area contributed by atoms with Crippen molar-refractivity contribution in [1.82, 2.24) is 10.3 Å². The van der Waals surface area contributed by atoms with Gasteiger partial charge < -0.3 is 4.42 Å². The van der Waals surface area contributed by atoms with E-state index in [0.29, 0.717) is 29.6 Å². The van der Waals surface area contributed by atoms with E-state index in [4.69, 9.17) is 4.42 Å². The van der Waals surface area contributed by atoms with Gasteiger partial charge in [-0.3, -0.25) is 9.79 Å². The van der Waals surface area contributed by atoms with E-state index in [0.717, 1.165) is 23.2 Å². The summed E-state index contributed by atoms with van der Waals surface area (Å²) in [5.74, 6) is 0.350. The third-order valence-electron chi connectivity index (χ3n) is 5.50. The molecule has 3 N–H and O–H groups in total. The largest absolute Gasteiger partial charge is 0.412 e. The molecule has 0 amide bonds. The number of nitrogens with zero attached hydrogens (tertiary/aromatic N) is 1.